The Labute approximate surface area is 165 Å². The zero-order valence-corrected chi connectivity index (χ0v) is 14.6. The number of anilines is 1. The van der Waals surface area contributed by atoms with Crippen LogP contribution in [-0.2, 0) is 0 Å². The SMILES string of the molecule is O=C(O)c1cccc(NC(=O)c2ccc(C(=O)O)c(C(=O)O)c2C(=O)O)c1C(=O)O. The topological polar surface area (TPSA) is 216 Å². The van der Waals surface area contributed by atoms with Gasteiger partial charge in [0.25, 0.3) is 5.91 Å². The van der Waals surface area contributed by atoms with Crippen molar-refractivity contribution in [1.29, 1.82) is 0 Å². The second-order valence-corrected chi connectivity index (χ2v) is 5.62. The summed E-state index contributed by atoms with van der Waals surface area (Å²) >= 11 is 0. The van der Waals surface area contributed by atoms with Crippen LogP contribution in [0.4, 0.5) is 5.69 Å². The van der Waals surface area contributed by atoms with Gasteiger partial charge in [0.05, 0.1) is 39.1 Å². The van der Waals surface area contributed by atoms with E-state index in [1.807, 2.05) is 5.32 Å². The first kappa shape index (κ1) is 21.6. The first-order chi connectivity index (χ1) is 14.0. The average molecular weight is 417 g/mol. The van der Waals surface area contributed by atoms with Crippen molar-refractivity contribution in [3.63, 3.8) is 0 Å². The maximum atomic E-state index is 12.6. The quantitative estimate of drug-likeness (QED) is 0.378. The third kappa shape index (κ3) is 3.91. The molecule has 0 heterocycles. The van der Waals surface area contributed by atoms with Gasteiger partial charge in [-0.3, -0.25) is 4.79 Å². The van der Waals surface area contributed by atoms with Crippen LogP contribution < -0.4 is 5.32 Å². The number of carboxylic acids is 5. The molecule has 0 radical (unpaired) electrons. The minimum absolute atomic E-state index is 0.497. The van der Waals surface area contributed by atoms with Crippen molar-refractivity contribution < 1.29 is 54.3 Å². The molecule has 12 heteroatoms. The molecule has 2 aromatic carbocycles. The van der Waals surface area contributed by atoms with Gasteiger partial charge in [0, 0.05) is 0 Å². The van der Waals surface area contributed by atoms with E-state index in [2.05, 4.69) is 0 Å². The molecular formula is C18H11NO11. The maximum absolute atomic E-state index is 12.6. The van der Waals surface area contributed by atoms with E-state index in [1.54, 1.807) is 0 Å². The van der Waals surface area contributed by atoms with Crippen LogP contribution >= 0.6 is 0 Å². The fourth-order valence-corrected chi connectivity index (χ4v) is 2.67. The Morgan fingerprint density at radius 2 is 0.967 bits per heavy atom. The van der Waals surface area contributed by atoms with E-state index in [0.717, 1.165) is 24.3 Å². The lowest BCUT2D eigenvalue weighted by molar-refractivity contribution is 0.0631. The number of carbonyl (C=O) groups is 6. The molecule has 0 saturated carbocycles. The number of aromatic carboxylic acids is 5. The van der Waals surface area contributed by atoms with Crippen LogP contribution in [0.15, 0.2) is 30.3 Å². The van der Waals surface area contributed by atoms with Crippen molar-refractivity contribution in [2.75, 3.05) is 5.32 Å². The molecule has 0 bridgehead atoms. The lowest BCUT2D eigenvalue weighted by Gasteiger charge is -2.14. The summed E-state index contributed by atoms with van der Waals surface area (Å²) in [6.07, 6.45) is 0. The van der Waals surface area contributed by atoms with Crippen LogP contribution in [-0.4, -0.2) is 61.3 Å². The fourth-order valence-electron chi connectivity index (χ4n) is 2.67. The van der Waals surface area contributed by atoms with Gasteiger partial charge in [-0.1, -0.05) is 6.07 Å². The third-order valence-corrected chi connectivity index (χ3v) is 3.87. The van der Waals surface area contributed by atoms with Crippen molar-refractivity contribution in [2.45, 2.75) is 0 Å². The summed E-state index contributed by atoms with van der Waals surface area (Å²) in [6.45, 7) is 0. The lowest BCUT2D eigenvalue weighted by atomic mass is 9.95. The normalized spacial score (nSPS) is 10.1. The smallest absolute Gasteiger partial charge is 0.338 e. The summed E-state index contributed by atoms with van der Waals surface area (Å²) in [5, 5.41) is 48.1. The summed E-state index contributed by atoms with van der Waals surface area (Å²) in [6, 6.07) is 4.58. The summed E-state index contributed by atoms with van der Waals surface area (Å²) in [5.74, 6) is -10.2. The number of nitrogens with one attached hydrogen (secondary N) is 1. The Kier molecular flexibility index (Phi) is 5.82. The maximum Gasteiger partial charge on any atom is 0.338 e. The van der Waals surface area contributed by atoms with Crippen molar-refractivity contribution in [3.8, 4) is 0 Å². The van der Waals surface area contributed by atoms with Gasteiger partial charge < -0.3 is 30.8 Å². The van der Waals surface area contributed by atoms with E-state index >= 15 is 0 Å². The predicted molar refractivity (Wildman–Crippen MR) is 95.6 cm³/mol. The van der Waals surface area contributed by atoms with E-state index in [0.29, 0.717) is 6.07 Å². The first-order valence-electron chi connectivity index (χ1n) is 7.75. The molecule has 2 aromatic rings. The molecular weight excluding hydrogens is 406 g/mol. The lowest BCUT2D eigenvalue weighted by Crippen LogP contribution is -2.23. The van der Waals surface area contributed by atoms with Gasteiger partial charge in [0.2, 0.25) is 0 Å². The third-order valence-electron chi connectivity index (χ3n) is 3.87. The van der Waals surface area contributed by atoms with Crippen LogP contribution in [0.1, 0.15) is 62.1 Å². The Bertz CT molecular complexity index is 1130. The van der Waals surface area contributed by atoms with Gasteiger partial charge in [-0.2, -0.15) is 0 Å². The van der Waals surface area contributed by atoms with Gasteiger partial charge >= 0.3 is 29.8 Å². The monoisotopic (exact) mass is 417 g/mol. The van der Waals surface area contributed by atoms with Crippen LogP contribution in [0.25, 0.3) is 0 Å². The highest BCUT2D eigenvalue weighted by Gasteiger charge is 2.30. The Morgan fingerprint density at radius 1 is 0.533 bits per heavy atom. The van der Waals surface area contributed by atoms with E-state index in [1.165, 1.54) is 0 Å². The van der Waals surface area contributed by atoms with Crippen molar-refractivity contribution in [2.24, 2.45) is 0 Å². The number of carbonyl (C=O) groups excluding carboxylic acids is 1. The summed E-state index contributed by atoms with van der Waals surface area (Å²) in [5.41, 5.74) is -5.89. The van der Waals surface area contributed by atoms with E-state index < -0.39 is 74.8 Å². The molecule has 2 rings (SSSR count). The second-order valence-electron chi connectivity index (χ2n) is 5.62. The van der Waals surface area contributed by atoms with E-state index in [-0.39, 0.29) is 0 Å². The average Bonchev–Trinajstić information content (AvgIpc) is 2.65. The van der Waals surface area contributed by atoms with Crippen LogP contribution in [0.5, 0.6) is 0 Å². The predicted octanol–water partition coefficient (Wildman–Crippen LogP) is 1.43. The zero-order chi connectivity index (χ0) is 22.7. The molecule has 0 aliphatic rings. The first-order valence-corrected chi connectivity index (χ1v) is 7.75. The van der Waals surface area contributed by atoms with Crippen LogP contribution in [0.2, 0.25) is 0 Å². The van der Waals surface area contributed by atoms with Gasteiger partial charge in [-0.15, -0.1) is 0 Å². The molecule has 154 valence electrons. The summed E-state index contributed by atoms with van der Waals surface area (Å²) in [7, 11) is 0. The molecule has 0 spiro atoms. The second kappa shape index (κ2) is 8.10. The van der Waals surface area contributed by atoms with Crippen molar-refractivity contribution in [3.05, 3.63) is 63.7 Å². The molecule has 0 aliphatic carbocycles. The Hall–Kier alpha value is -4.74. The van der Waals surface area contributed by atoms with Crippen molar-refractivity contribution >= 4 is 41.4 Å². The number of hydrogen-bond acceptors (Lipinski definition) is 6. The molecule has 30 heavy (non-hydrogen) atoms. The minimum Gasteiger partial charge on any atom is -0.478 e. The van der Waals surface area contributed by atoms with Gasteiger partial charge in [0.15, 0.2) is 0 Å². The van der Waals surface area contributed by atoms with Crippen LogP contribution in [0, 0.1) is 0 Å². The highest BCUT2D eigenvalue weighted by atomic mass is 16.4. The summed E-state index contributed by atoms with van der Waals surface area (Å²) < 4.78 is 0. The molecule has 0 atom stereocenters. The number of rotatable bonds is 7. The highest BCUT2D eigenvalue weighted by Crippen LogP contribution is 2.24. The molecule has 0 aromatic heterocycles. The summed E-state index contributed by atoms with van der Waals surface area (Å²) in [4.78, 5) is 69.5. The van der Waals surface area contributed by atoms with Crippen LogP contribution in [0.3, 0.4) is 0 Å². The highest BCUT2D eigenvalue weighted by molar-refractivity contribution is 6.18. The number of hydrogen-bond donors (Lipinski definition) is 6. The van der Waals surface area contributed by atoms with Crippen molar-refractivity contribution in [1.82, 2.24) is 0 Å². The molecule has 0 unspecified atom stereocenters. The standard InChI is InChI=1S/C18H11NO11/c20-13(19-9-3-1-2-7(14(21)22)10(9)16(25)26)6-4-5-8(15(23)24)12(18(29)30)11(6)17(27)28/h1-5H,(H,19,20)(H,21,22)(H,23,24)(H,25,26)(H,27,28)(H,29,30). The zero-order valence-electron chi connectivity index (χ0n) is 14.6. The van der Waals surface area contributed by atoms with Gasteiger partial charge in [0.1, 0.15) is 0 Å². The molecule has 12 nitrogen and oxygen atoms in total. The van der Waals surface area contributed by atoms with E-state index in [9.17, 15) is 44.1 Å². The molecule has 0 aliphatic heterocycles. The largest absolute Gasteiger partial charge is 0.478 e. The molecule has 0 fully saturated rings. The fraction of sp³-hybridized carbons (Fsp3) is 0. The Morgan fingerprint density at radius 3 is 1.43 bits per heavy atom. The van der Waals surface area contributed by atoms with Gasteiger partial charge in [-0.25, -0.2) is 24.0 Å². The minimum atomic E-state index is -1.92. The number of benzene rings is 2. The number of amides is 1. The Balaban J connectivity index is 2.68. The van der Waals surface area contributed by atoms with E-state index in [4.69, 9.17) is 10.2 Å². The molecule has 0 saturated heterocycles. The molecule has 1 amide bonds. The number of carboxylic acid groups (broad SMARTS) is 5. The molecule has 6 N–H and O–H groups in total. The van der Waals surface area contributed by atoms with Gasteiger partial charge in [-0.05, 0) is 24.3 Å².